The Hall–Kier alpha value is -3.37. The Bertz CT molecular complexity index is 1160. The van der Waals surface area contributed by atoms with E-state index in [1.54, 1.807) is 6.07 Å². The lowest BCUT2D eigenvalue weighted by Crippen LogP contribution is -2.23. The molecule has 3 rings (SSSR count). The zero-order valence-electron chi connectivity index (χ0n) is 15.8. The van der Waals surface area contributed by atoms with Crippen LogP contribution in [0, 0.1) is 29.6 Å². The van der Waals surface area contributed by atoms with Gasteiger partial charge in [0, 0.05) is 11.1 Å². The number of rotatable bonds is 4. The quantitative estimate of drug-likeness (QED) is 0.758. The van der Waals surface area contributed by atoms with E-state index < -0.39 is 5.41 Å². The maximum Gasteiger partial charge on any atom is 0.251 e. The van der Waals surface area contributed by atoms with Gasteiger partial charge in [-0.15, -0.1) is 0 Å². The number of aromatic nitrogens is 1. The van der Waals surface area contributed by atoms with Crippen molar-refractivity contribution in [3.05, 3.63) is 80.6 Å². The highest BCUT2D eigenvalue weighted by Crippen LogP contribution is 2.31. The second kappa shape index (κ2) is 7.09. The Morgan fingerprint density at radius 3 is 2.56 bits per heavy atom. The van der Waals surface area contributed by atoms with Crippen molar-refractivity contribution in [3.63, 3.8) is 0 Å². The molecule has 2 aromatic carbocycles. The summed E-state index contributed by atoms with van der Waals surface area (Å²) in [5, 5.41) is 20.1. The van der Waals surface area contributed by atoms with Crippen LogP contribution in [-0.2, 0) is 18.3 Å². The summed E-state index contributed by atoms with van der Waals surface area (Å²) in [6.45, 7) is 5.76. The summed E-state index contributed by atoms with van der Waals surface area (Å²) in [5.41, 5.74) is 3.99. The first kappa shape index (κ1) is 18.4. The van der Waals surface area contributed by atoms with Gasteiger partial charge in [0.15, 0.2) is 0 Å². The van der Waals surface area contributed by atoms with E-state index in [9.17, 15) is 15.3 Å². The molecule has 1 N–H and O–H groups in total. The third kappa shape index (κ3) is 3.35. The molecule has 27 heavy (non-hydrogen) atoms. The van der Waals surface area contributed by atoms with Gasteiger partial charge < -0.3 is 4.98 Å². The standard InChI is InChI=1S/C23H21N3O/c1-4-16-10-17-8-9-20(11-21(17)26-22(16)27)23(3,14-25)12-18-6-5-7-19(13-24)15(18)2/h5-11H,4,12H2,1-3H3,(H,26,27). The van der Waals surface area contributed by atoms with Gasteiger partial charge in [0.05, 0.1) is 23.1 Å². The van der Waals surface area contributed by atoms with Crippen molar-refractivity contribution < 1.29 is 0 Å². The number of nitriles is 2. The first-order valence-electron chi connectivity index (χ1n) is 8.98. The molecule has 0 spiro atoms. The molecule has 3 aromatic rings. The van der Waals surface area contributed by atoms with Crippen LogP contribution in [0.25, 0.3) is 10.9 Å². The molecule has 134 valence electrons. The van der Waals surface area contributed by atoms with Gasteiger partial charge in [-0.3, -0.25) is 4.79 Å². The molecule has 0 amide bonds. The van der Waals surface area contributed by atoms with E-state index in [0.29, 0.717) is 18.4 Å². The van der Waals surface area contributed by atoms with E-state index in [1.807, 2.05) is 57.2 Å². The van der Waals surface area contributed by atoms with Crippen LogP contribution in [0.1, 0.15) is 41.7 Å². The van der Waals surface area contributed by atoms with E-state index >= 15 is 0 Å². The van der Waals surface area contributed by atoms with Crippen LogP contribution in [0.5, 0.6) is 0 Å². The van der Waals surface area contributed by atoms with E-state index in [-0.39, 0.29) is 5.56 Å². The monoisotopic (exact) mass is 355 g/mol. The third-order valence-electron chi connectivity index (χ3n) is 5.30. The van der Waals surface area contributed by atoms with Gasteiger partial charge >= 0.3 is 0 Å². The molecule has 0 saturated carbocycles. The molecule has 1 atom stereocenters. The number of pyridine rings is 1. The zero-order chi connectivity index (χ0) is 19.6. The van der Waals surface area contributed by atoms with Gasteiger partial charge in [-0.05, 0) is 67.0 Å². The van der Waals surface area contributed by atoms with Gasteiger partial charge in [-0.2, -0.15) is 10.5 Å². The number of nitrogens with one attached hydrogen (secondary N) is 1. The highest BCUT2D eigenvalue weighted by Gasteiger charge is 2.28. The van der Waals surface area contributed by atoms with E-state index in [2.05, 4.69) is 17.1 Å². The number of H-pyrrole nitrogens is 1. The summed E-state index contributed by atoms with van der Waals surface area (Å²) < 4.78 is 0. The third-order valence-corrected chi connectivity index (χ3v) is 5.30. The number of hydrogen-bond donors (Lipinski definition) is 1. The van der Waals surface area contributed by atoms with Crippen molar-refractivity contribution >= 4 is 10.9 Å². The zero-order valence-corrected chi connectivity index (χ0v) is 15.8. The van der Waals surface area contributed by atoms with Gasteiger partial charge in [0.2, 0.25) is 0 Å². The van der Waals surface area contributed by atoms with E-state index in [1.165, 1.54) is 0 Å². The fourth-order valence-electron chi connectivity index (χ4n) is 3.44. The molecule has 0 radical (unpaired) electrons. The summed E-state index contributed by atoms with van der Waals surface area (Å²) >= 11 is 0. The minimum Gasteiger partial charge on any atom is -0.322 e. The Morgan fingerprint density at radius 1 is 1.11 bits per heavy atom. The Morgan fingerprint density at radius 2 is 1.89 bits per heavy atom. The first-order chi connectivity index (χ1) is 12.9. The summed E-state index contributed by atoms with van der Waals surface area (Å²) in [7, 11) is 0. The van der Waals surface area contributed by atoms with Crippen molar-refractivity contribution in [1.29, 1.82) is 10.5 Å². The van der Waals surface area contributed by atoms with Crippen LogP contribution in [0.4, 0.5) is 0 Å². The number of aryl methyl sites for hydroxylation is 1. The summed E-state index contributed by atoms with van der Waals surface area (Å²) in [6.07, 6.45) is 1.17. The van der Waals surface area contributed by atoms with Gasteiger partial charge in [-0.25, -0.2) is 0 Å². The topological polar surface area (TPSA) is 80.4 Å². The van der Waals surface area contributed by atoms with Crippen LogP contribution >= 0.6 is 0 Å². The molecule has 0 fully saturated rings. The molecule has 0 saturated heterocycles. The maximum atomic E-state index is 12.1. The van der Waals surface area contributed by atoms with Crippen LogP contribution in [0.2, 0.25) is 0 Å². The van der Waals surface area contributed by atoms with Crippen LogP contribution in [0.3, 0.4) is 0 Å². The molecular weight excluding hydrogens is 334 g/mol. The number of aromatic amines is 1. The minimum atomic E-state index is -0.770. The average molecular weight is 355 g/mol. The van der Waals surface area contributed by atoms with Gasteiger partial charge in [0.25, 0.3) is 5.56 Å². The molecule has 4 nitrogen and oxygen atoms in total. The number of hydrogen-bond acceptors (Lipinski definition) is 3. The lowest BCUT2D eigenvalue weighted by Gasteiger charge is -2.24. The second-order valence-corrected chi connectivity index (χ2v) is 7.10. The fourth-order valence-corrected chi connectivity index (χ4v) is 3.44. The fraction of sp³-hybridized carbons (Fsp3) is 0.261. The smallest absolute Gasteiger partial charge is 0.251 e. The van der Waals surface area contributed by atoms with Crippen LogP contribution in [-0.4, -0.2) is 4.98 Å². The SMILES string of the molecule is CCc1cc2ccc(C(C)(C#N)Cc3cccc(C#N)c3C)cc2[nH]c1=O. The molecule has 0 bridgehead atoms. The van der Waals surface area contributed by atoms with E-state index in [0.717, 1.165) is 33.2 Å². The Balaban J connectivity index is 2.08. The molecule has 4 heteroatoms. The highest BCUT2D eigenvalue weighted by atomic mass is 16.1. The Labute approximate surface area is 158 Å². The van der Waals surface area contributed by atoms with Crippen LogP contribution < -0.4 is 5.56 Å². The summed E-state index contributed by atoms with van der Waals surface area (Å²) in [5.74, 6) is 0. The number of nitrogens with zero attached hydrogens (tertiary/aromatic N) is 2. The molecule has 0 aliphatic heterocycles. The molecule has 1 heterocycles. The second-order valence-electron chi connectivity index (χ2n) is 7.10. The number of fused-ring (bicyclic) bond motifs is 1. The van der Waals surface area contributed by atoms with Gasteiger partial charge in [0.1, 0.15) is 0 Å². The molecule has 0 aliphatic carbocycles. The highest BCUT2D eigenvalue weighted by molar-refractivity contribution is 5.80. The first-order valence-corrected chi connectivity index (χ1v) is 8.98. The summed E-state index contributed by atoms with van der Waals surface area (Å²) in [6, 6.07) is 17.9. The predicted molar refractivity (Wildman–Crippen MR) is 107 cm³/mol. The molecular formula is C23H21N3O. The van der Waals surface area contributed by atoms with Crippen molar-refractivity contribution in [2.24, 2.45) is 0 Å². The predicted octanol–water partition coefficient (Wildman–Crippen LogP) is 4.29. The van der Waals surface area contributed by atoms with Crippen molar-refractivity contribution in [1.82, 2.24) is 4.98 Å². The molecule has 0 aliphatic rings. The van der Waals surface area contributed by atoms with Crippen molar-refractivity contribution in [2.45, 2.75) is 39.0 Å². The van der Waals surface area contributed by atoms with Crippen LogP contribution in [0.15, 0.2) is 47.3 Å². The Kier molecular flexibility index (Phi) is 4.84. The number of benzene rings is 2. The lowest BCUT2D eigenvalue weighted by molar-refractivity contribution is 0.605. The average Bonchev–Trinajstić information content (AvgIpc) is 2.68. The molecule has 1 aromatic heterocycles. The minimum absolute atomic E-state index is 0.0848. The van der Waals surface area contributed by atoms with Gasteiger partial charge in [-0.1, -0.05) is 31.2 Å². The molecule has 1 unspecified atom stereocenters. The largest absolute Gasteiger partial charge is 0.322 e. The van der Waals surface area contributed by atoms with Crippen molar-refractivity contribution in [2.75, 3.05) is 0 Å². The normalized spacial score (nSPS) is 12.9. The lowest BCUT2D eigenvalue weighted by atomic mass is 9.77. The van der Waals surface area contributed by atoms with Crippen molar-refractivity contribution in [3.8, 4) is 12.1 Å². The summed E-state index contributed by atoms with van der Waals surface area (Å²) in [4.78, 5) is 15.1. The van der Waals surface area contributed by atoms with E-state index in [4.69, 9.17) is 0 Å². The maximum absolute atomic E-state index is 12.1.